The molecule has 7 heteroatoms. The van der Waals surface area contributed by atoms with Crippen LogP contribution in [-0.2, 0) is 4.79 Å². The lowest BCUT2D eigenvalue weighted by Gasteiger charge is -2.31. The van der Waals surface area contributed by atoms with E-state index in [4.69, 9.17) is 14.2 Å². The topological polar surface area (TPSA) is 73.8 Å². The van der Waals surface area contributed by atoms with Gasteiger partial charge in [-0.25, -0.2) is 4.98 Å². The second-order valence-corrected chi connectivity index (χ2v) is 7.26. The van der Waals surface area contributed by atoms with Gasteiger partial charge in [0, 0.05) is 38.2 Å². The number of ether oxygens (including phenoxy) is 3. The molecule has 160 valence electrons. The molecule has 0 aliphatic carbocycles. The minimum atomic E-state index is -0.0192. The van der Waals surface area contributed by atoms with E-state index in [0.29, 0.717) is 24.7 Å². The third-order valence-corrected chi connectivity index (χ3v) is 5.20. The molecule has 1 fully saturated rings. The molecule has 4 rings (SSSR count). The van der Waals surface area contributed by atoms with E-state index in [2.05, 4.69) is 22.1 Å². The van der Waals surface area contributed by atoms with Crippen molar-refractivity contribution in [3.8, 4) is 28.8 Å². The fourth-order valence-corrected chi connectivity index (χ4v) is 3.49. The number of amides is 1. The number of aromatic nitrogens is 2. The van der Waals surface area contributed by atoms with Crippen molar-refractivity contribution in [3.63, 3.8) is 0 Å². The quantitative estimate of drug-likeness (QED) is 0.583. The van der Waals surface area contributed by atoms with E-state index < -0.39 is 0 Å². The Morgan fingerprint density at radius 3 is 2.42 bits per heavy atom. The first-order valence-corrected chi connectivity index (χ1v) is 10.3. The van der Waals surface area contributed by atoms with Gasteiger partial charge < -0.3 is 19.1 Å². The lowest BCUT2D eigenvalue weighted by atomic mass is 10.1. The Labute approximate surface area is 181 Å². The summed E-state index contributed by atoms with van der Waals surface area (Å²) in [5, 5.41) is 0. The van der Waals surface area contributed by atoms with E-state index in [1.807, 2.05) is 47.4 Å². The highest BCUT2D eigenvalue weighted by atomic mass is 16.5. The van der Waals surface area contributed by atoms with Gasteiger partial charge in [-0.3, -0.25) is 4.79 Å². The monoisotopic (exact) mass is 419 g/mol. The van der Waals surface area contributed by atoms with Crippen LogP contribution >= 0.6 is 0 Å². The molecular weight excluding hydrogens is 394 g/mol. The Balaban J connectivity index is 1.23. The lowest BCUT2D eigenvalue weighted by molar-refractivity contribution is -0.135. The average molecular weight is 419 g/mol. The smallest absolute Gasteiger partial charge is 0.319 e. The van der Waals surface area contributed by atoms with Crippen LogP contribution in [0.2, 0.25) is 0 Å². The molecule has 0 N–H and O–H groups in total. The molecule has 0 radical (unpaired) electrons. The van der Waals surface area contributed by atoms with Crippen LogP contribution in [0.5, 0.6) is 17.6 Å². The van der Waals surface area contributed by atoms with Crippen molar-refractivity contribution < 1.29 is 19.0 Å². The fourth-order valence-electron chi connectivity index (χ4n) is 3.49. The molecule has 1 saturated heterocycles. The van der Waals surface area contributed by atoms with Gasteiger partial charge in [0.25, 0.3) is 5.91 Å². The van der Waals surface area contributed by atoms with E-state index in [1.54, 1.807) is 12.3 Å². The molecule has 31 heavy (non-hydrogen) atoms. The Bertz CT molecular complexity index is 987. The Morgan fingerprint density at radius 2 is 1.71 bits per heavy atom. The zero-order valence-electron chi connectivity index (χ0n) is 17.4. The predicted octanol–water partition coefficient (Wildman–Crippen LogP) is 3.60. The van der Waals surface area contributed by atoms with Gasteiger partial charge in [0.05, 0.1) is 7.11 Å². The first-order valence-electron chi connectivity index (χ1n) is 10.3. The average Bonchev–Trinajstić information content (AvgIpc) is 2.84. The fraction of sp³-hybridized carbons (Fsp3) is 0.292. The van der Waals surface area contributed by atoms with Crippen LogP contribution in [0.1, 0.15) is 12.8 Å². The maximum Gasteiger partial charge on any atom is 0.319 e. The number of hydrogen-bond donors (Lipinski definition) is 0. The largest absolute Gasteiger partial charge is 0.484 e. The third-order valence-electron chi connectivity index (χ3n) is 5.20. The maximum atomic E-state index is 12.5. The van der Waals surface area contributed by atoms with Crippen LogP contribution in [0.3, 0.4) is 0 Å². The molecule has 3 aromatic rings. The summed E-state index contributed by atoms with van der Waals surface area (Å²) >= 11 is 0. The highest BCUT2D eigenvalue weighted by Crippen LogP contribution is 2.22. The molecule has 1 amide bonds. The van der Waals surface area contributed by atoms with Crippen LogP contribution in [-0.4, -0.2) is 53.7 Å². The van der Waals surface area contributed by atoms with E-state index in [-0.39, 0.29) is 24.6 Å². The molecule has 2 aromatic carbocycles. The van der Waals surface area contributed by atoms with Crippen molar-refractivity contribution in [1.82, 2.24) is 14.9 Å². The number of nitrogens with zero attached hydrogens (tertiary/aromatic N) is 3. The first-order chi connectivity index (χ1) is 15.2. The van der Waals surface area contributed by atoms with Gasteiger partial charge in [0.1, 0.15) is 11.9 Å². The number of carbonyl (C=O) groups is 1. The number of piperidine rings is 1. The van der Waals surface area contributed by atoms with Crippen LogP contribution in [0.4, 0.5) is 0 Å². The summed E-state index contributed by atoms with van der Waals surface area (Å²) in [4.78, 5) is 22.5. The van der Waals surface area contributed by atoms with Gasteiger partial charge in [-0.1, -0.05) is 42.5 Å². The second-order valence-electron chi connectivity index (χ2n) is 7.26. The summed E-state index contributed by atoms with van der Waals surface area (Å²) in [6.07, 6.45) is 3.09. The van der Waals surface area contributed by atoms with Crippen LogP contribution in [0.15, 0.2) is 66.9 Å². The number of benzene rings is 2. The zero-order chi connectivity index (χ0) is 21.5. The second kappa shape index (κ2) is 9.93. The van der Waals surface area contributed by atoms with Crippen molar-refractivity contribution in [2.75, 3.05) is 26.8 Å². The van der Waals surface area contributed by atoms with Gasteiger partial charge in [-0.2, -0.15) is 4.98 Å². The molecule has 0 bridgehead atoms. The lowest BCUT2D eigenvalue weighted by Crippen LogP contribution is -2.43. The standard InChI is InChI=1S/C24H25N3O4/c1-29-24-25-14-11-22(26-24)31-21-12-15-27(16-13-21)23(28)17-30-20-9-7-19(8-10-20)18-5-3-2-4-6-18/h2-11,14,21H,12-13,15-17H2,1H3. The Hall–Kier alpha value is -3.61. The Kier molecular flexibility index (Phi) is 6.62. The summed E-state index contributed by atoms with van der Waals surface area (Å²) in [6.45, 7) is 1.28. The number of carbonyl (C=O) groups excluding carboxylic acids is 1. The van der Waals surface area contributed by atoms with E-state index in [1.165, 1.54) is 7.11 Å². The summed E-state index contributed by atoms with van der Waals surface area (Å²) in [5.41, 5.74) is 2.26. The summed E-state index contributed by atoms with van der Waals surface area (Å²) in [6, 6.07) is 19.9. The number of rotatable bonds is 7. The van der Waals surface area contributed by atoms with Crippen LogP contribution in [0.25, 0.3) is 11.1 Å². The van der Waals surface area contributed by atoms with Crippen molar-refractivity contribution in [1.29, 1.82) is 0 Å². The van der Waals surface area contributed by atoms with E-state index in [9.17, 15) is 4.79 Å². The van der Waals surface area contributed by atoms with Gasteiger partial charge >= 0.3 is 6.01 Å². The molecule has 0 unspecified atom stereocenters. The van der Waals surface area contributed by atoms with Crippen molar-refractivity contribution in [2.45, 2.75) is 18.9 Å². The van der Waals surface area contributed by atoms with Crippen LogP contribution < -0.4 is 14.2 Å². The van der Waals surface area contributed by atoms with Gasteiger partial charge in [0.2, 0.25) is 5.88 Å². The molecule has 7 nitrogen and oxygen atoms in total. The minimum Gasteiger partial charge on any atom is -0.484 e. The molecule has 0 atom stereocenters. The summed E-state index contributed by atoms with van der Waals surface area (Å²) in [5.74, 6) is 1.15. The highest BCUT2D eigenvalue weighted by Gasteiger charge is 2.24. The number of likely N-dealkylation sites (tertiary alicyclic amines) is 1. The summed E-state index contributed by atoms with van der Waals surface area (Å²) in [7, 11) is 1.52. The Morgan fingerprint density at radius 1 is 1.00 bits per heavy atom. The van der Waals surface area contributed by atoms with Crippen LogP contribution in [0, 0.1) is 0 Å². The van der Waals surface area contributed by atoms with Gasteiger partial charge in [-0.05, 0) is 23.3 Å². The maximum absolute atomic E-state index is 12.5. The third kappa shape index (κ3) is 5.51. The van der Waals surface area contributed by atoms with Crippen molar-refractivity contribution in [3.05, 3.63) is 66.9 Å². The van der Waals surface area contributed by atoms with Crippen molar-refractivity contribution in [2.24, 2.45) is 0 Å². The normalized spacial score (nSPS) is 14.2. The molecule has 1 aliphatic heterocycles. The highest BCUT2D eigenvalue weighted by molar-refractivity contribution is 5.78. The molecule has 0 saturated carbocycles. The molecular formula is C24H25N3O4. The first kappa shape index (κ1) is 20.7. The molecule has 2 heterocycles. The van der Waals surface area contributed by atoms with E-state index >= 15 is 0 Å². The molecule has 0 spiro atoms. The predicted molar refractivity (Wildman–Crippen MR) is 116 cm³/mol. The zero-order valence-corrected chi connectivity index (χ0v) is 17.4. The van der Waals surface area contributed by atoms with Gasteiger partial charge in [-0.15, -0.1) is 0 Å². The minimum absolute atomic E-state index is 0.00936. The number of methoxy groups -OCH3 is 1. The number of hydrogen-bond acceptors (Lipinski definition) is 6. The summed E-state index contributed by atoms with van der Waals surface area (Å²) < 4.78 is 16.6. The van der Waals surface area contributed by atoms with Crippen molar-refractivity contribution >= 4 is 5.91 Å². The SMILES string of the molecule is COc1nccc(OC2CCN(C(=O)COc3ccc(-c4ccccc4)cc3)CC2)n1. The molecule has 1 aromatic heterocycles. The molecule has 1 aliphatic rings. The van der Waals surface area contributed by atoms with Gasteiger partial charge in [0.15, 0.2) is 6.61 Å². The van der Waals surface area contributed by atoms with E-state index in [0.717, 1.165) is 24.0 Å².